The van der Waals surface area contributed by atoms with Crippen molar-refractivity contribution in [2.45, 2.75) is 62.9 Å². The number of hydrogen-bond acceptors (Lipinski definition) is 5. The molecule has 5 rings (SSSR count). The number of benzene rings is 1. The number of nitrogens with zero attached hydrogens (tertiary/aromatic N) is 3. The average Bonchev–Trinajstić information content (AvgIpc) is 3.02. The summed E-state index contributed by atoms with van der Waals surface area (Å²) in [5.74, 6) is 0.461. The largest absolute Gasteiger partial charge is 0.342 e. The summed E-state index contributed by atoms with van der Waals surface area (Å²) in [6, 6.07) is 9.72. The highest BCUT2D eigenvalue weighted by Crippen LogP contribution is 2.34. The normalized spacial score (nSPS) is 17.1. The van der Waals surface area contributed by atoms with E-state index < -0.39 is 0 Å². The van der Waals surface area contributed by atoms with Gasteiger partial charge >= 0.3 is 0 Å². The molecule has 3 aromatic rings. The topological polar surface area (TPSA) is 55.2 Å². The van der Waals surface area contributed by atoms with Gasteiger partial charge in [0.05, 0.1) is 16.8 Å². The summed E-state index contributed by atoms with van der Waals surface area (Å²) in [6.07, 6.45) is 10.1. The Morgan fingerprint density at radius 3 is 2.47 bits per heavy atom. The first-order valence-corrected chi connectivity index (χ1v) is 13.6. The molecule has 5 nitrogen and oxygen atoms in total. The number of amides is 1. The van der Waals surface area contributed by atoms with Gasteiger partial charge in [-0.15, -0.1) is 11.3 Å². The van der Waals surface area contributed by atoms with E-state index in [1.54, 1.807) is 15.9 Å². The number of aromatic nitrogens is 2. The van der Waals surface area contributed by atoms with Gasteiger partial charge in [-0.3, -0.25) is 14.2 Å². The van der Waals surface area contributed by atoms with Gasteiger partial charge in [-0.2, -0.15) is 0 Å². The zero-order valence-electron chi connectivity index (χ0n) is 18.3. The van der Waals surface area contributed by atoms with Gasteiger partial charge in [-0.05, 0) is 56.2 Å². The van der Waals surface area contributed by atoms with Crippen LogP contribution >= 0.6 is 23.1 Å². The second-order valence-corrected chi connectivity index (χ2v) is 10.7. The van der Waals surface area contributed by atoms with Crippen molar-refractivity contribution in [2.75, 3.05) is 18.8 Å². The fourth-order valence-corrected chi connectivity index (χ4v) is 7.02. The van der Waals surface area contributed by atoms with Crippen molar-refractivity contribution >= 4 is 39.2 Å². The molecule has 7 heteroatoms. The maximum atomic E-state index is 13.8. The summed E-state index contributed by atoms with van der Waals surface area (Å²) in [5.41, 5.74) is 2.03. The molecule has 0 radical (unpaired) electrons. The van der Waals surface area contributed by atoms with E-state index >= 15 is 0 Å². The van der Waals surface area contributed by atoms with Crippen LogP contribution in [0.5, 0.6) is 0 Å². The third-order valence-electron chi connectivity index (χ3n) is 6.51. The molecule has 3 heterocycles. The molecule has 0 unspecified atom stereocenters. The Bertz CT molecular complexity index is 1160. The Morgan fingerprint density at radius 2 is 1.69 bits per heavy atom. The third kappa shape index (κ3) is 4.37. The fraction of sp³-hybridized carbons (Fsp3) is 0.480. The zero-order chi connectivity index (χ0) is 21.9. The van der Waals surface area contributed by atoms with Crippen molar-refractivity contribution in [2.24, 2.45) is 0 Å². The zero-order valence-corrected chi connectivity index (χ0v) is 20.0. The second kappa shape index (κ2) is 9.79. The number of aryl methyl sites for hydroxylation is 2. The highest BCUT2D eigenvalue weighted by Gasteiger charge is 2.23. The lowest BCUT2D eigenvalue weighted by molar-refractivity contribution is -0.128. The Labute approximate surface area is 196 Å². The Hall–Kier alpha value is -2.12. The number of carbonyl (C=O) groups is 1. The van der Waals surface area contributed by atoms with Crippen molar-refractivity contribution in [3.63, 3.8) is 0 Å². The number of likely N-dealkylation sites (tertiary alicyclic amines) is 1. The predicted molar refractivity (Wildman–Crippen MR) is 132 cm³/mol. The van der Waals surface area contributed by atoms with Crippen LogP contribution in [0, 0.1) is 0 Å². The fourth-order valence-electron chi connectivity index (χ4n) is 4.80. The van der Waals surface area contributed by atoms with E-state index in [1.807, 2.05) is 35.2 Å². The first-order chi connectivity index (χ1) is 15.7. The molecule has 1 saturated heterocycles. The van der Waals surface area contributed by atoms with Crippen molar-refractivity contribution < 1.29 is 4.79 Å². The number of thiophene rings is 1. The van der Waals surface area contributed by atoms with Crippen LogP contribution in [0.3, 0.4) is 0 Å². The van der Waals surface area contributed by atoms with E-state index in [2.05, 4.69) is 0 Å². The molecule has 1 amide bonds. The molecular formula is C25H29N3O2S2. The van der Waals surface area contributed by atoms with E-state index in [0.29, 0.717) is 10.9 Å². The van der Waals surface area contributed by atoms with Crippen molar-refractivity contribution in [3.05, 3.63) is 51.1 Å². The number of rotatable bonds is 4. The van der Waals surface area contributed by atoms with Crippen LogP contribution in [0.2, 0.25) is 0 Å². The van der Waals surface area contributed by atoms with Crippen LogP contribution in [0.4, 0.5) is 0 Å². The smallest absolute Gasteiger partial charge is 0.267 e. The maximum Gasteiger partial charge on any atom is 0.267 e. The highest BCUT2D eigenvalue weighted by atomic mass is 32.2. The standard InChI is InChI=1S/C25H29N3O2S2/c29-21(27-15-9-1-2-10-16-27)17-31-25-26-23-22(19-13-7-4-8-14-20(19)32-23)24(30)28(25)18-11-5-3-6-12-18/h3,5-6,11-12H,1-2,4,7-10,13-17H2. The van der Waals surface area contributed by atoms with Gasteiger partial charge in [0.2, 0.25) is 5.91 Å². The number of fused-ring (bicyclic) bond motifs is 3. The van der Waals surface area contributed by atoms with E-state index in [0.717, 1.165) is 61.1 Å². The molecule has 2 aliphatic rings. The molecule has 0 atom stereocenters. The summed E-state index contributed by atoms with van der Waals surface area (Å²) in [5, 5.41) is 1.41. The first kappa shape index (κ1) is 21.7. The van der Waals surface area contributed by atoms with E-state index in [1.165, 1.54) is 47.9 Å². The monoisotopic (exact) mass is 467 g/mol. The number of para-hydroxylation sites is 1. The van der Waals surface area contributed by atoms with Gasteiger partial charge in [0.1, 0.15) is 4.83 Å². The molecule has 0 bridgehead atoms. The summed E-state index contributed by atoms with van der Waals surface area (Å²) < 4.78 is 1.72. The lowest BCUT2D eigenvalue weighted by Crippen LogP contribution is -2.33. The minimum Gasteiger partial charge on any atom is -0.342 e. The molecular weight excluding hydrogens is 438 g/mol. The molecule has 1 fully saturated rings. The molecule has 0 saturated carbocycles. The average molecular weight is 468 g/mol. The van der Waals surface area contributed by atoms with Crippen LogP contribution in [0.15, 0.2) is 40.3 Å². The van der Waals surface area contributed by atoms with Crippen LogP contribution in [0.25, 0.3) is 15.9 Å². The SMILES string of the molecule is O=C(CSc1nc2sc3c(c2c(=O)n1-c1ccccc1)CCCCC3)N1CCCCCC1. The van der Waals surface area contributed by atoms with Gasteiger partial charge in [0.25, 0.3) is 5.56 Å². The Balaban J connectivity index is 1.53. The quantitative estimate of drug-likeness (QED) is 0.300. The predicted octanol–water partition coefficient (Wildman–Crippen LogP) is 5.21. The molecule has 1 aliphatic heterocycles. The lowest BCUT2D eigenvalue weighted by atomic mass is 10.1. The van der Waals surface area contributed by atoms with Crippen molar-refractivity contribution in [1.82, 2.24) is 14.5 Å². The van der Waals surface area contributed by atoms with Gasteiger partial charge in [0, 0.05) is 18.0 Å². The summed E-state index contributed by atoms with van der Waals surface area (Å²) in [7, 11) is 0. The van der Waals surface area contributed by atoms with E-state index in [9.17, 15) is 9.59 Å². The van der Waals surface area contributed by atoms with Gasteiger partial charge in [-0.25, -0.2) is 4.98 Å². The first-order valence-electron chi connectivity index (χ1n) is 11.8. The lowest BCUT2D eigenvalue weighted by Gasteiger charge is -2.20. The molecule has 1 aromatic carbocycles. The molecule has 32 heavy (non-hydrogen) atoms. The molecule has 0 spiro atoms. The summed E-state index contributed by atoms with van der Waals surface area (Å²) in [6.45, 7) is 1.68. The van der Waals surface area contributed by atoms with Crippen molar-refractivity contribution in [1.29, 1.82) is 0 Å². The van der Waals surface area contributed by atoms with Gasteiger partial charge in [-0.1, -0.05) is 49.2 Å². The molecule has 168 valence electrons. The van der Waals surface area contributed by atoms with Crippen LogP contribution in [0.1, 0.15) is 55.4 Å². The molecule has 1 aliphatic carbocycles. The van der Waals surface area contributed by atoms with E-state index in [-0.39, 0.29) is 11.5 Å². The van der Waals surface area contributed by atoms with Crippen LogP contribution < -0.4 is 5.56 Å². The minimum atomic E-state index is 0.00493. The van der Waals surface area contributed by atoms with Crippen LogP contribution in [-0.2, 0) is 17.6 Å². The van der Waals surface area contributed by atoms with Gasteiger partial charge < -0.3 is 4.90 Å². The Kier molecular flexibility index (Phi) is 6.64. The number of thioether (sulfide) groups is 1. The number of carbonyl (C=O) groups excluding carboxylic acids is 1. The molecule has 0 N–H and O–H groups in total. The highest BCUT2D eigenvalue weighted by molar-refractivity contribution is 7.99. The van der Waals surface area contributed by atoms with E-state index in [4.69, 9.17) is 4.98 Å². The molecule has 2 aromatic heterocycles. The van der Waals surface area contributed by atoms with Crippen molar-refractivity contribution in [3.8, 4) is 5.69 Å². The third-order valence-corrected chi connectivity index (χ3v) is 8.62. The number of hydrogen-bond donors (Lipinski definition) is 0. The summed E-state index contributed by atoms with van der Waals surface area (Å²) >= 11 is 3.07. The van der Waals surface area contributed by atoms with Crippen LogP contribution in [-0.4, -0.2) is 39.2 Å². The second-order valence-electron chi connectivity index (χ2n) is 8.70. The summed E-state index contributed by atoms with van der Waals surface area (Å²) in [4.78, 5) is 35.8. The van der Waals surface area contributed by atoms with Gasteiger partial charge in [0.15, 0.2) is 5.16 Å². The maximum absolute atomic E-state index is 13.8. The minimum absolute atomic E-state index is 0.00493. The Morgan fingerprint density at radius 1 is 0.969 bits per heavy atom.